The molecule has 3 aromatic rings. The Hall–Kier alpha value is -4.18. The van der Waals surface area contributed by atoms with E-state index in [1.165, 1.54) is 19.4 Å². The summed E-state index contributed by atoms with van der Waals surface area (Å²) in [6, 6.07) is 17.2. The lowest BCUT2D eigenvalue weighted by Crippen LogP contribution is -2.13. The molecule has 0 aliphatic heterocycles. The molecule has 0 radical (unpaired) electrons. The van der Waals surface area contributed by atoms with Gasteiger partial charge >= 0.3 is 5.97 Å². The molecule has 7 heteroatoms. The fourth-order valence-corrected chi connectivity index (χ4v) is 2.52. The molecule has 0 bridgehead atoms. The molecule has 138 valence electrons. The molecule has 0 saturated carbocycles. The van der Waals surface area contributed by atoms with Crippen molar-refractivity contribution in [2.24, 2.45) is 0 Å². The topological polar surface area (TPSA) is 104 Å². The van der Waals surface area contributed by atoms with Gasteiger partial charge in [-0.15, -0.1) is 0 Å². The zero-order valence-electron chi connectivity index (χ0n) is 15.0. The number of para-hydroxylation sites is 1. The lowest BCUT2D eigenvalue weighted by Gasteiger charge is -2.10. The van der Waals surface area contributed by atoms with Crippen LogP contribution in [0.15, 0.2) is 67.0 Å². The molecular formula is C21H16N4O3. The molecule has 7 nitrogen and oxygen atoms in total. The van der Waals surface area contributed by atoms with Crippen molar-refractivity contribution in [3.63, 3.8) is 0 Å². The highest BCUT2D eigenvalue weighted by Crippen LogP contribution is 2.21. The van der Waals surface area contributed by atoms with E-state index in [1.807, 2.05) is 6.07 Å². The average Bonchev–Trinajstić information content (AvgIpc) is 2.74. The highest BCUT2D eigenvalue weighted by molar-refractivity contribution is 6.05. The van der Waals surface area contributed by atoms with Crippen LogP contribution in [0.5, 0.6) is 0 Å². The molecule has 3 rings (SSSR count). The number of nitriles is 1. The molecule has 1 amide bonds. The lowest BCUT2D eigenvalue weighted by molar-refractivity contribution is 0.0600. The molecule has 1 aromatic heterocycles. The number of anilines is 3. The number of carbonyl (C=O) groups excluding carboxylic acids is 2. The van der Waals surface area contributed by atoms with E-state index >= 15 is 0 Å². The van der Waals surface area contributed by atoms with Crippen molar-refractivity contribution in [3.8, 4) is 6.07 Å². The van der Waals surface area contributed by atoms with Crippen LogP contribution < -0.4 is 10.6 Å². The maximum absolute atomic E-state index is 12.5. The Morgan fingerprint density at radius 2 is 1.79 bits per heavy atom. The van der Waals surface area contributed by atoms with Crippen molar-refractivity contribution < 1.29 is 14.3 Å². The second-order valence-corrected chi connectivity index (χ2v) is 5.77. The summed E-state index contributed by atoms with van der Waals surface area (Å²) in [5, 5.41) is 15.0. The quantitative estimate of drug-likeness (QED) is 0.661. The van der Waals surface area contributed by atoms with Crippen molar-refractivity contribution in [1.82, 2.24) is 4.98 Å². The number of nitrogens with zero attached hydrogens (tertiary/aromatic N) is 2. The largest absolute Gasteiger partial charge is 0.465 e. The Balaban J connectivity index is 1.78. The molecule has 2 N–H and O–H groups in total. The number of hydrogen-bond donors (Lipinski definition) is 2. The number of nitrogens with one attached hydrogen (secondary N) is 2. The second kappa shape index (κ2) is 8.47. The molecule has 28 heavy (non-hydrogen) atoms. The fourth-order valence-electron chi connectivity index (χ4n) is 2.52. The molecule has 0 unspecified atom stereocenters. The third-order valence-electron chi connectivity index (χ3n) is 3.87. The summed E-state index contributed by atoms with van der Waals surface area (Å²) >= 11 is 0. The van der Waals surface area contributed by atoms with Crippen LogP contribution in [-0.4, -0.2) is 24.0 Å². The Morgan fingerprint density at radius 1 is 1.00 bits per heavy atom. The number of benzene rings is 2. The van der Waals surface area contributed by atoms with E-state index in [4.69, 9.17) is 0 Å². The van der Waals surface area contributed by atoms with E-state index in [0.29, 0.717) is 33.8 Å². The molecule has 0 spiro atoms. The Morgan fingerprint density at radius 3 is 2.57 bits per heavy atom. The van der Waals surface area contributed by atoms with Gasteiger partial charge in [0.1, 0.15) is 6.07 Å². The van der Waals surface area contributed by atoms with Crippen molar-refractivity contribution in [1.29, 1.82) is 5.26 Å². The van der Waals surface area contributed by atoms with Gasteiger partial charge < -0.3 is 15.4 Å². The standard InChI is InChI=1S/C21H16N4O3/c1-28-21(27)14-6-4-7-17(9-14)25-20(26)16-10-18(13-23-12-16)24-19-8-3-2-5-15(19)11-22/h2-10,12-13,24H,1H3,(H,25,26). The van der Waals surface area contributed by atoms with Crippen LogP contribution in [0.1, 0.15) is 26.3 Å². The summed E-state index contributed by atoms with van der Waals surface area (Å²) < 4.78 is 4.68. The van der Waals surface area contributed by atoms with E-state index in [1.54, 1.807) is 48.7 Å². The zero-order chi connectivity index (χ0) is 19.9. The van der Waals surface area contributed by atoms with Crippen molar-refractivity contribution in [2.75, 3.05) is 17.7 Å². The Kier molecular flexibility index (Phi) is 5.63. The van der Waals surface area contributed by atoms with Gasteiger partial charge in [0.2, 0.25) is 0 Å². The third kappa shape index (κ3) is 4.31. The number of methoxy groups -OCH3 is 1. The SMILES string of the molecule is COC(=O)c1cccc(NC(=O)c2cncc(Nc3ccccc3C#N)c2)c1. The van der Waals surface area contributed by atoms with Crippen LogP contribution in [0.4, 0.5) is 17.1 Å². The zero-order valence-corrected chi connectivity index (χ0v) is 15.0. The van der Waals surface area contributed by atoms with Gasteiger partial charge in [0.15, 0.2) is 0 Å². The number of aromatic nitrogens is 1. The number of rotatable bonds is 5. The minimum absolute atomic E-state index is 0.322. The molecule has 2 aromatic carbocycles. The van der Waals surface area contributed by atoms with Gasteiger partial charge in [0.05, 0.1) is 41.4 Å². The van der Waals surface area contributed by atoms with Crippen LogP contribution in [-0.2, 0) is 4.74 Å². The van der Waals surface area contributed by atoms with Crippen molar-refractivity contribution in [2.45, 2.75) is 0 Å². The summed E-state index contributed by atoms with van der Waals surface area (Å²) in [4.78, 5) is 28.2. The van der Waals surface area contributed by atoms with Crippen LogP contribution in [0.3, 0.4) is 0 Å². The Bertz CT molecular complexity index is 1070. The monoisotopic (exact) mass is 372 g/mol. The summed E-state index contributed by atoms with van der Waals surface area (Å²) in [6.45, 7) is 0. The lowest BCUT2D eigenvalue weighted by atomic mass is 10.1. The van der Waals surface area contributed by atoms with E-state index < -0.39 is 5.97 Å². The molecule has 0 saturated heterocycles. The predicted molar refractivity (Wildman–Crippen MR) is 104 cm³/mol. The van der Waals surface area contributed by atoms with Crippen LogP contribution in [0.2, 0.25) is 0 Å². The highest BCUT2D eigenvalue weighted by Gasteiger charge is 2.11. The number of pyridine rings is 1. The first-order valence-electron chi connectivity index (χ1n) is 8.31. The maximum Gasteiger partial charge on any atom is 0.337 e. The van der Waals surface area contributed by atoms with E-state index in [-0.39, 0.29) is 5.91 Å². The average molecular weight is 372 g/mol. The first kappa shape index (κ1) is 18.6. The number of amides is 1. The van der Waals surface area contributed by atoms with Crippen molar-refractivity contribution >= 4 is 28.9 Å². The van der Waals surface area contributed by atoms with Gasteiger partial charge in [0.25, 0.3) is 5.91 Å². The number of carbonyl (C=O) groups is 2. The van der Waals surface area contributed by atoms with Gasteiger partial charge in [-0.1, -0.05) is 18.2 Å². The molecule has 1 heterocycles. The van der Waals surface area contributed by atoms with Gasteiger partial charge in [-0.3, -0.25) is 9.78 Å². The number of hydrogen-bond acceptors (Lipinski definition) is 6. The van der Waals surface area contributed by atoms with Crippen molar-refractivity contribution in [3.05, 3.63) is 83.7 Å². The minimum atomic E-state index is -0.486. The molecule has 0 fully saturated rings. The fraction of sp³-hybridized carbons (Fsp3) is 0.0476. The summed E-state index contributed by atoms with van der Waals surface area (Å²) in [5.41, 5.74) is 2.79. The summed E-state index contributed by atoms with van der Waals surface area (Å²) in [6.07, 6.45) is 2.99. The number of ether oxygens (including phenoxy) is 1. The third-order valence-corrected chi connectivity index (χ3v) is 3.87. The van der Waals surface area contributed by atoms with Gasteiger partial charge in [-0.2, -0.15) is 5.26 Å². The Labute approximate surface area is 161 Å². The second-order valence-electron chi connectivity index (χ2n) is 5.77. The highest BCUT2D eigenvalue weighted by atomic mass is 16.5. The van der Waals surface area contributed by atoms with Crippen LogP contribution in [0.25, 0.3) is 0 Å². The van der Waals surface area contributed by atoms with E-state index in [2.05, 4.69) is 26.4 Å². The predicted octanol–water partition coefficient (Wildman–Crippen LogP) is 3.74. The first-order chi connectivity index (χ1) is 13.6. The van der Waals surface area contributed by atoms with E-state index in [9.17, 15) is 14.9 Å². The minimum Gasteiger partial charge on any atom is -0.465 e. The molecule has 0 aliphatic carbocycles. The summed E-state index contributed by atoms with van der Waals surface area (Å²) in [5.74, 6) is -0.869. The molecule has 0 aliphatic rings. The first-order valence-corrected chi connectivity index (χ1v) is 8.31. The van der Waals surface area contributed by atoms with Crippen LogP contribution >= 0.6 is 0 Å². The molecular weight excluding hydrogens is 356 g/mol. The van der Waals surface area contributed by atoms with Crippen LogP contribution in [0, 0.1) is 11.3 Å². The van der Waals surface area contributed by atoms with Gasteiger partial charge in [-0.05, 0) is 36.4 Å². The van der Waals surface area contributed by atoms with Gasteiger partial charge in [0, 0.05) is 11.9 Å². The summed E-state index contributed by atoms with van der Waals surface area (Å²) in [7, 11) is 1.29. The number of esters is 1. The molecule has 0 atom stereocenters. The van der Waals surface area contributed by atoms with E-state index in [0.717, 1.165) is 0 Å². The smallest absolute Gasteiger partial charge is 0.337 e. The van der Waals surface area contributed by atoms with Gasteiger partial charge in [-0.25, -0.2) is 4.79 Å². The maximum atomic E-state index is 12.5. The normalized spacial score (nSPS) is 9.86.